The van der Waals surface area contributed by atoms with Gasteiger partial charge in [-0.15, -0.1) is 0 Å². The van der Waals surface area contributed by atoms with Gasteiger partial charge in [0.05, 0.1) is 23.9 Å². The maximum Gasteiger partial charge on any atom is 0.274 e. The van der Waals surface area contributed by atoms with Crippen LogP contribution in [0.2, 0.25) is 0 Å². The predicted octanol–water partition coefficient (Wildman–Crippen LogP) is 2.05. The smallest absolute Gasteiger partial charge is 0.274 e. The quantitative estimate of drug-likeness (QED) is 0.814. The van der Waals surface area contributed by atoms with Crippen molar-refractivity contribution in [3.8, 4) is 0 Å². The molecule has 1 atom stereocenters. The van der Waals surface area contributed by atoms with Crippen molar-refractivity contribution < 1.29 is 13.2 Å². The van der Waals surface area contributed by atoms with Crippen LogP contribution in [-0.4, -0.2) is 53.3 Å². The van der Waals surface area contributed by atoms with Gasteiger partial charge in [0.25, 0.3) is 5.91 Å². The minimum absolute atomic E-state index is 0.0239. The molecule has 3 rings (SSSR count). The monoisotopic (exact) mass is 388 g/mol. The molecule has 1 aliphatic rings. The van der Waals surface area contributed by atoms with E-state index in [1.165, 1.54) is 18.0 Å². The van der Waals surface area contributed by atoms with E-state index >= 15 is 0 Å². The van der Waals surface area contributed by atoms with Crippen molar-refractivity contribution in [1.29, 1.82) is 0 Å². The number of nitrogens with one attached hydrogen (secondary N) is 1. The molecule has 1 fully saturated rings. The van der Waals surface area contributed by atoms with Crippen LogP contribution in [0.3, 0.4) is 0 Å². The highest BCUT2D eigenvalue weighted by molar-refractivity contribution is 7.91. The lowest BCUT2D eigenvalue weighted by Gasteiger charge is -2.26. The third-order valence-electron chi connectivity index (χ3n) is 4.68. The summed E-state index contributed by atoms with van der Waals surface area (Å²) in [5.74, 6) is 0.460. The number of hydrogen-bond acceptors (Lipinski definition) is 6. The lowest BCUT2D eigenvalue weighted by Crippen LogP contribution is -2.41. The van der Waals surface area contributed by atoms with Crippen molar-refractivity contribution in [2.75, 3.05) is 23.4 Å². The molecule has 1 aromatic carbocycles. The average molecular weight is 388 g/mol. The number of amides is 1. The molecule has 1 unspecified atom stereocenters. The molecule has 2 heterocycles. The van der Waals surface area contributed by atoms with Crippen LogP contribution < -0.4 is 5.32 Å². The summed E-state index contributed by atoms with van der Waals surface area (Å²) in [5, 5.41) is 3.19. The van der Waals surface area contributed by atoms with Crippen molar-refractivity contribution in [1.82, 2.24) is 14.9 Å². The van der Waals surface area contributed by atoms with E-state index in [-0.39, 0.29) is 29.1 Å². The molecule has 1 aromatic heterocycles. The summed E-state index contributed by atoms with van der Waals surface area (Å²) in [6.07, 6.45) is 3.45. The molecule has 1 N–H and O–H groups in total. The fraction of sp³-hybridized carbons (Fsp3) is 0.421. The zero-order valence-corrected chi connectivity index (χ0v) is 16.4. The molecule has 0 bridgehead atoms. The SMILES string of the molecule is CCN(C(=O)c1cnc(NCc2cccc(C)c2)cn1)C1CCS(=O)(=O)C1. The van der Waals surface area contributed by atoms with E-state index in [9.17, 15) is 13.2 Å². The molecule has 1 saturated heterocycles. The Kier molecular flexibility index (Phi) is 5.74. The van der Waals surface area contributed by atoms with Crippen LogP contribution in [0, 0.1) is 6.92 Å². The minimum Gasteiger partial charge on any atom is -0.365 e. The van der Waals surface area contributed by atoms with Gasteiger partial charge in [-0.2, -0.15) is 0 Å². The second kappa shape index (κ2) is 8.04. The van der Waals surface area contributed by atoms with Crippen molar-refractivity contribution >= 4 is 21.6 Å². The Morgan fingerprint density at radius 2 is 2.11 bits per heavy atom. The number of carbonyl (C=O) groups excluding carboxylic acids is 1. The first-order valence-electron chi connectivity index (χ1n) is 9.01. The van der Waals surface area contributed by atoms with Crippen molar-refractivity contribution in [3.05, 3.63) is 53.5 Å². The molecule has 0 aliphatic carbocycles. The molecule has 27 heavy (non-hydrogen) atoms. The van der Waals surface area contributed by atoms with Crippen LogP contribution in [0.4, 0.5) is 5.82 Å². The van der Waals surface area contributed by atoms with Gasteiger partial charge in [0.15, 0.2) is 9.84 Å². The number of benzene rings is 1. The van der Waals surface area contributed by atoms with Gasteiger partial charge < -0.3 is 10.2 Å². The molecular weight excluding hydrogens is 364 g/mol. The second-order valence-corrected chi connectivity index (χ2v) is 9.01. The number of sulfone groups is 1. The normalized spacial score (nSPS) is 18.2. The van der Waals surface area contributed by atoms with Crippen LogP contribution in [0.25, 0.3) is 0 Å². The first-order valence-corrected chi connectivity index (χ1v) is 10.8. The zero-order chi connectivity index (χ0) is 19.4. The van der Waals surface area contributed by atoms with Crippen molar-refractivity contribution in [2.24, 2.45) is 0 Å². The summed E-state index contributed by atoms with van der Waals surface area (Å²) in [4.78, 5) is 22.8. The average Bonchev–Trinajstić information content (AvgIpc) is 3.00. The Balaban J connectivity index is 1.64. The Morgan fingerprint density at radius 3 is 2.70 bits per heavy atom. The van der Waals surface area contributed by atoms with Crippen molar-refractivity contribution in [3.63, 3.8) is 0 Å². The molecular formula is C19H24N4O3S. The van der Waals surface area contributed by atoms with E-state index in [1.54, 1.807) is 4.90 Å². The molecule has 8 heteroatoms. The molecule has 0 spiro atoms. The Labute approximate surface area is 159 Å². The van der Waals surface area contributed by atoms with E-state index in [1.807, 2.05) is 32.0 Å². The minimum atomic E-state index is -3.05. The zero-order valence-electron chi connectivity index (χ0n) is 15.6. The molecule has 1 amide bonds. The molecule has 0 saturated carbocycles. The van der Waals surface area contributed by atoms with E-state index < -0.39 is 9.84 Å². The van der Waals surface area contributed by atoms with Gasteiger partial charge in [0.2, 0.25) is 0 Å². The molecule has 2 aromatic rings. The standard InChI is InChI=1S/C19H24N4O3S/c1-3-23(16-7-8-27(25,26)13-16)19(24)17-11-22-18(12-20-17)21-10-15-6-4-5-14(2)9-15/h4-6,9,11-12,16H,3,7-8,10,13H2,1-2H3,(H,21,22). The summed E-state index contributed by atoms with van der Waals surface area (Å²) in [5.41, 5.74) is 2.55. The number of aryl methyl sites for hydroxylation is 1. The highest BCUT2D eigenvalue weighted by atomic mass is 32.2. The van der Waals surface area contributed by atoms with E-state index in [4.69, 9.17) is 0 Å². The third-order valence-corrected chi connectivity index (χ3v) is 6.43. The molecule has 144 valence electrons. The van der Waals surface area contributed by atoms with Crippen LogP contribution in [-0.2, 0) is 16.4 Å². The summed E-state index contributed by atoms with van der Waals surface area (Å²) in [7, 11) is -3.05. The fourth-order valence-corrected chi connectivity index (χ4v) is 5.01. The van der Waals surface area contributed by atoms with Gasteiger partial charge >= 0.3 is 0 Å². The summed E-state index contributed by atoms with van der Waals surface area (Å²) < 4.78 is 23.4. The van der Waals surface area contributed by atoms with Gasteiger partial charge in [-0.1, -0.05) is 29.8 Å². The lowest BCUT2D eigenvalue weighted by atomic mass is 10.1. The summed E-state index contributed by atoms with van der Waals surface area (Å²) >= 11 is 0. The number of nitrogens with zero attached hydrogens (tertiary/aromatic N) is 3. The topological polar surface area (TPSA) is 92.3 Å². The Morgan fingerprint density at radius 1 is 1.30 bits per heavy atom. The third kappa shape index (κ3) is 4.82. The Bertz CT molecular complexity index is 913. The highest BCUT2D eigenvalue weighted by Crippen LogP contribution is 2.19. The van der Waals surface area contributed by atoms with Crippen LogP contribution >= 0.6 is 0 Å². The molecule has 0 radical (unpaired) electrons. The largest absolute Gasteiger partial charge is 0.365 e. The maximum absolute atomic E-state index is 12.7. The summed E-state index contributed by atoms with van der Waals surface area (Å²) in [6.45, 7) is 4.94. The lowest BCUT2D eigenvalue weighted by molar-refractivity contribution is 0.0702. The number of hydrogen-bond donors (Lipinski definition) is 1. The first-order chi connectivity index (χ1) is 12.9. The van der Waals surface area contributed by atoms with Gasteiger partial charge in [-0.25, -0.2) is 18.4 Å². The van der Waals surface area contributed by atoms with Crippen LogP contribution in [0.15, 0.2) is 36.7 Å². The summed E-state index contributed by atoms with van der Waals surface area (Å²) in [6, 6.07) is 7.88. The number of aromatic nitrogens is 2. The van der Waals surface area contributed by atoms with Crippen LogP contribution in [0.5, 0.6) is 0 Å². The fourth-order valence-electron chi connectivity index (χ4n) is 3.28. The maximum atomic E-state index is 12.7. The van der Waals surface area contributed by atoms with Gasteiger partial charge in [-0.3, -0.25) is 4.79 Å². The highest BCUT2D eigenvalue weighted by Gasteiger charge is 2.34. The number of anilines is 1. The van der Waals surface area contributed by atoms with E-state index in [0.717, 1.165) is 5.56 Å². The van der Waals surface area contributed by atoms with Crippen molar-refractivity contribution in [2.45, 2.75) is 32.9 Å². The van der Waals surface area contributed by atoms with Gasteiger partial charge in [0, 0.05) is 19.1 Å². The molecule has 1 aliphatic heterocycles. The van der Waals surface area contributed by atoms with E-state index in [2.05, 4.69) is 21.4 Å². The van der Waals surface area contributed by atoms with Crippen LogP contribution in [0.1, 0.15) is 35.0 Å². The Hall–Kier alpha value is -2.48. The second-order valence-electron chi connectivity index (χ2n) is 6.78. The first kappa shape index (κ1) is 19.3. The van der Waals surface area contributed by atoms with E-state index in [0.29, 0.717) is 25.3 Å². The van der Waals surface area contributed by atoms with Gasteiger partial charge in [0.1, 0.15) is 11.5 Å². The number of carbonyl (C=O) groups is 1. The molecule has 7 nitrogen and oxygen atoms in total. The number of rotatable bonds is 6. The van der Waals surface area contributed by atoms with Gasteiger partial charge in [-0.05, 0) is 25.8 Å². The predicted molar refractivity (Wildman–Crippen MR) is 104 cm³/mol.